The Hall–Kier alpha value is -3.81. The lowest BCUT2D eigenvalue weighted by molar-refractivity contribution is -0.138. The van der Waals surface area contributed by atoms with Gasteiger partial charge in [0.05, 0.1) is 34.5 Å². The van der Waals surface area contributed by atoms with Crippen molar-refractivity contribution in [1.29, 1.82) is 0 Å². The molecule has 1 aliphatic heterocycles. The summed E-state index contributed by atoms with van der Waals surface area (Å²) < 4.78 is 5.48. The van der Waals surface area contributed by atoms with Crippen molar-refractivity contribution in [3.05, 3.63) is 105 Å². The third kappa shape index (κ3) is 6.44. The summed E-state index contributed by atoms with van der Waals surface area (Å²) in [6.45, 7) is 4.40. The van der Waals surface area contributed by atoms with E-state index in [1.807, 2.05) is 37.3 Å². The van der Waals surface area contributed by atoms with Gasteiger partial charge in [-0.1, -0.05) is 79.0 Å². The molecule has 1 heterocycles. The number of halogens is 2. The summed E-state index contributed by atoms with van der Waals surface area (Å²) in [6, 6.07) is 19.8. The second-order valence-corrected chi connectivity index (χ2v) is 9.78. The van der Waals surface area contributed by atoms with Crippen LogP contribution in [0.15, 0.2) is 78.4 Å². The molecule has 0 unspecified atom stereocenters. The Morgan fingerprint density at radius 1 is 1.00 bits per heavy atom. The van der Waals surface area contributed by atoms with Gasteiger partial charge in [0.15, 0.2) is 0 Å². The van der Waals surface area contributed by atoms with E-state index in [4.69, 9.17) is 27.9 Å². The molecule has 0 saturated heterocycles. The predicted octanol–water partition coefficient (Wildman–Crippen LogP) is 7.09. The number of hydrogen-bond acceptors (Lipinski definition) is 4. The van der Waals surface area contributed by atoms with Crippen LogP contribution in [0.5, 0.6) is 0 Å². The molecule has 7 nitrogen and oxygen atoms in total. The SMILES string of the molecule is CCCCN1C(=O)N[C@@H](c2cccc(NC(=O)c3ccc(Cl)cc3Cl)c2)C(C(=O)OCC)=C1c1ccccc1. The standard InChI is InChI=1S/C30H29Cl2N3O4/c1-3-5-16-35-27(19-10-7-6-8-11-19)25(29(37)39-4-2)26(34-30(35)38)20-12-9-13-22(17-20)33-28(36)23-15-14-21(31)18-24(23)32/h6-15,17-18,26H,3-5,16H2,1-2H3,(H,33,36)(H,34,38)/t26-/m0/s1. The van der Waals surface area contributed by atoms with Crippen molar-refractivity contribution in [2.75, 3.05) is 18.5 Å². The lowest BCUT2D eigenvalue weighted by Crippen LogP contribution is -2.48. The molecule has 1 aliphatic rings. The first-order valence-electron chi connectivity index (χ1n) is 12.7. The van der Waals surface area contributed by atoms with E-state index in [0.29, 0.717) is 34.1 Å². The molecule has 0 aromatic heterocycles. The van der Waals surface area contributed by atoms with Gasteiger partial charge in [0.25, 0.3) is 5.91 Å². The van der Waals surface area contributed by atoms with Crippen LogP contribution in [0.3, 0.4) is 0 Å². The minimum atomic E-state index is -0.805. The Balaban J connectivity index is 1.78. The molecule has 0 saturated carbocycles. The van der Waals surface area contributed by atoms with E-state index in [2.05, 4.69) is 10.6 Å². The largest absolute Gasteiger partial charge is 0.463 e. The van der Waals surface area contributed by atoms with Gasteiger partial charge in [-0.25, -0.2) is 9.59 Å². The number of carbonyl (C=O) groups is 3. The highest BCUT2D eigenvalue weighted by molar-refractivity contribution is 6.37. The van der Waals surface area contributed by atoms with E-state index in [0.717, 1.165) is 18.4 Å². The molecule has 3 aromatic carbocycles. The zero-order chi connectivity index (χ0) is 27.9. The number of nitrogens with one attached hydrogen (secondary N) is 2. The fourth-order valence-corrected chi connectivity index (χ4v) is 4.93. The van der Waals surface area contributed by atoms with Crippen molar-refractivity contribution in [2.24, 2.45) is 0 Å². The van der Waals surface area contributed by atoms with E-state index in [1.54, 1.807) is 48.2 Å². The maximum atomic E-state index is 13.5. The van der Waals surface area contributed by atoms with Crippen LogP contribution in [-0.2, 0) is 9.53 Å². The van der Waals surface area contributed by atoms with E-state index in [9.17, 15) is 14.4 Å². The molecule has 202 valence electrons. The number of amides is 3. The molecule has 0 bridgehead atoms. The third-order valence-corrected chi connectivity index (χ3v) is 6.81. The summed E-state index contributed by atoms with van der Waals surface area (Å²) in [7, 11) is 0. The zero-order valence-corrected chi connectivity index (χ0v) is 23.2. The average molecular weight is 566 g/mol. The molecule has 0 spiro atoms. The summed E-state index contributed by atoms with van der Waals surface area (Å²) in [5, 5.41) is 6.47. The molecule has 0 aliphatic carbocycles. The Bertz CT molecular complexity index is 1410. The van der Waals surface area contributed by atoms with Crippen LogP contribution in [0.4, 0.5) is 10.5 Å². The lowest BCUT2D eigenvalue weighted by Gasteiger charge is -2.37. The van der Waals surface area contributed by atoms with Crippen molar-refractivity contribution in [3.8, 4) is 0 Å². The predicted molar refractivity (Wildman–Crippen MR) is 154 cm³/mol. The van der Waals surface area contributed by atoms with E-state index < -0.39 is 17.9 Å². The highest BCUT2D eigenvalue weighted by Crippen LogP contribution is 2.37. The molecule has 1 atom stereocenters. The molecule has 2 N–H and O–H groups in total. The Morgan fingerprint density at radius 3 is 2.46 bits per heavy atom. The smallest absolute Gasteiger partial charge is 0.338 e. The zero-order valence-electron chi connectivity index (χ0n) is 21.7. The van der Waals surface area contributed by atoms with Crippen molar-refractivity contribution in [3.63, 3.8) is 0 Å². The molecule has 0 fully saturated rings. The van der Waals surface area contributed by atoms with Crippen LogP contribution >= 0.6 is 23.2 Å². The van der Waals surface area contributed by atoms with Gasteiger partial charge >= 0.3 is 12.0 Å². The van der Waals surface area contributed by atoms with Gasteiger partial charge in [-0.2, -0.15) is 0 Å². The minimum Gasteiger partial charge on any atom is -0.463 e. The number of carbonyl (C=O) groups excluding carboxylic acids is 3. The number of rotatable bonds is 9. The number of nitrogens with zero attached hydrogens (tertiary/aromatic N) is 1. The first-order chi connectivity index (χ1) is 18.8. The summed E-state index contributed by atoms with van der Waals surface area (Å²) >= 11 is 12.2. The fourth-order valence-electron chi connectivity index (χ4n) is 4.44. The number of unbranched alkanes of at least 4 members (excludes halogenated alkanes) is 1. The fraction of sp³-hybridized carbons (Fsp3) is 0.233. The Labute approximate surface area is 237 Å². The van der Waals surface area contributed by atoms with Crippen molar-refractivity contribution in [1.82, 2.24) is 10.2 Å². The summed E-state index contributed by atoms with van der Waals surface area (Å²) in [5.41, 5.74) is 2.91. The van der Waals surface area contributed by atoms with Gasteiger partial charge in [0, 0.05) is 17.3 Å². The van der Waals surface area contributed by atoms with E-state index in [-0.39, 0.29) is 23.2 Å². The number of hydrogen-bond donors (Lipinski definition) is 2. The molecular formula is C30H29Cl2N3O4. The van der Waals surface area contributed by atoms with Gasteiger partial charge in [0.2, 0.25) is 0 Å². The average Bonchev–Trinajstić information content (AvgIpc) is 2.92. The number of esters is 1. The first kappa shape index (κ1) is 28.2. The van der Waals surface area contributed by atoms with Gasteiger partial charge in [-0.15, -0.1) is 0 Å². The van der Waals surface area contributed by atoms with Crippen molar-refractivity contribution in [2.45, 2.75) is 32.7 Å². The number of ether oxygens (including phenoxy) is 1. The molecule has 9 heteroatoms. The molecular weight excluding hydrogens is 537 g/mol. The molecule has 0 radical (unpaired) electrons. The number of benzene rings is 3. The number of urea groups is 1. The highest BCUT2D eigenvalue weighted by atomic mass is 35.5. The Morgan fingerprint density at radius 2 is 1.77 bits per heavy atom. The third-order valence-electron chi connectivity index (χ3n) is 6.26. The number of anilines is 1. The van der Waals surface area contributed by atoms with Gasteiger partial charge in [-0.3, -0.25) is 9.69 Å². The molecule has 3 amide bonds. The van der Waals surface area contributed by atoms with Gasteiger partial charge in [-0.05, 0) is 54.8 Å². The van der Waals surface area contributed by atoms with Crippen LogP contribution in [0.2, 0.25) is 10.0 Å². The van der Waals surface area contributed by atoms with Crippen LogP contribution < -0.4 is 10.6 Å². The van der Waals surface area contributed by atoms with Crippen LogP contribution in [0, 0.1) is 0 Å². The minimum absolute atomic E-state index is 0.179. The summed E-state index contributed by atoms with van der Waals surface area (Å²) in [6.07, 6.45) is 1.64. The Kier molecular flexibility index (Phi) is 9.28. The first-order valence-corrected chi connectivity index (χ1v) is 13.5. The lowest BCUT2D eigenvalue weighted by atomic mass is 9.91. The normalized spacial score (nSPS) is 15.1. The highest BCUT2D eigenvalue weighted by Gasteiger charge is 2.38. The summed E-state index contributed by atoms with van der Waals surface area (Å²) in [5.74, 6) is -0.941. The van der Waals surface area contributed by atoms with Gasteiger partial charge < -0.3 is 15.4 Å². The molecule has 39 heavy (non-hydrogen) atoms. The van der Waals surface area contributed by atoms with Crippen molar-refractivity contribution >= 4 is 52.5 Å². The maximum Gasteiger partial charge on any atom is 0.338 e. The van der Waals surface area contributed by atoms with E-state index >= 15 is 0 Å². The van der Waals surface area contributed by atoms with Crippen LogP contribution in [0.25, 0.3) is 5.70 Å². The quantitative estimate of drug-likeness (QED) is 0.271. The second kappa shape index (κ2) is 12.8. The monoisotopic (exact) mass is 565 g/mol. The topological polar surface area (TPSA) is 87.7 Å². The second-order valence-electron chi connectivity index (χ2n) is 8.94. The summed E-state index contributed by atoms with van der Waals surface area (Å²) in [4.78, 5) is 41.4. The maximum absolute atomic E-state index is 13.5. The van der Waals surface area contributed by atoms with Crippen LogP contribution in [-0.4, -0.2) is 36.0 Å². The van der Waals surface area contributed by atoms with Crippen LogP contribution in [0.1, 0.15) is 54.2 Å². The molecule has 4 rings (SSSR count). The van der Waals surface area contributed by atoms with Gasteiger partial charge in [0.1, 0.15) is 0 Å². The van der Waals surface area contributed by atoms with E-state index in [1.165, 1.54) is 6.07 Å². The molecule has 3 aromatic rings. The van der Waals surface area contributed by atoms with Crippen molar-refractivity contribution < 1.29 is 19.1 Å².